The van der Waals surface area contributed by atoms with E-state index in [2.05, 4.69) is 5.32 Å². The molecular formula is C16H26N2O2. The highest BCUT2D eigenvalue weighted by Crippen LogP contribution is 2.18. The zero-order valence-electron chi connectivity index (χ0n) is 12.7. The van der Waals surface area contributed by atoms with Crippen molar-refractivity contribution < 1.29 is 9.90 Å². The van der Waals surface area contributed by atoms with E-state index in [0.717, 1.165) is 18.7 Å². The van der Waals surface area contributed by atoms with E-state index < -0.39 is 5.60 Å². The molecule has 0 heterocycles. The van der Waals surface area contributed by atoms with Crippen molar-refractivity contribution in [3.63, 3.8) is 0 Å². The van der Waals surface area contributed by atoms with Crippen LogP contribution in [0, 0.1) is 0 Å². The highest BCUT2D eigenvalue weighted by atomic mass is 16.3. The summed E-state index contributed by atoms with van der Waals surface area (Å²) < 4.78 is 0. The predicted octanol–water partition coefficient (Wildman–Crippen LogP) is 1.74. The number of rotatable bonds is 8. The van der Waals surface area contributed by atoms with Gasteiger partial charge in [-0.1, -0.05) is 30.3 Å². The lowest BCUT2D eigenvalue weighted by atomic mass is 9.96. The van der Waals surface area contributed by atoms with E-state index in [0.29, 0.717) is 19.5 Å². The molecule has 112 valence electrons. The third-order valence-electron chi connectivity index (χ3n) is 3.50. The van der Waals surface area contributed by atoms with Crippen LogP contribution in [-0.4, -0.2) is 42.1 Å². The number of carbonyl (C=O) groups is 1. The molecule has 1 rings (SSSR count). The molecule has 0 spiro atoms. The minimum Gasteiger partial charge on any atom is -0.384 e. The van der Waals surface area contributed by atoms with Crippen molar-refractivity contribution in [3.05, 3.63) is 35.9 Å². The lowest BCUT2D eigenvalue weighted by Crippen LogP contribution is -2.38. The minimum atomic E-state index is -0.917. The van der Waals surface area contributed by atoms with E-state index in [1.165, 1.54) is 0 Å². The highest BCUT2D eigenvalue weighted by Gasteiger charge is 2.22. The first-order chi connectivity index (χ1) is 9.51. The Bertz CT molecular complexity index is 400. The number of carbonyl (C=O) groups excluding carboxylic acids is 1. The zero-order valence-corrected chi connectivity index (χ0v) is 12.7. The summed E-state index contributed by atoms with van der Waals surface area (Å²) in [4.78, 5) is 13.6. The third kappa shape index (κ3) is 4.94. The average molecular weight is 278 g/mol. The van der Waals surface area contributed by atoms with Crippen LogP contribution >= 0.6 is 0 Å². The van der Waals surface area contributed by atoms with E-state index in [1.807, 2.05) is 49.1 Å². The average Bonchev–Trinajstić information content (AvgIpc) is 2.46. The van der Waals surface area contributed by atoms with E-state index in [4.69, 9.17) is 0 Å². The fourth-order valence-electron chi connectivity index (χ4n) is 2.16. The molecule has 2 N–H and O–H groups in total. The minimum absolute atomic E-state index is 0.154. The van der Waals surface area contributed by atoms with Crippen LogP contribution in [0.2, 0.25) is 0 Å². The summed E-state index contributed by atoms with van der Waals surface area (Å²) in [5.41, 5.74) is -0.0398. The highest BCUT2D eigenvalue weighted by molar-refractivity contribution is 5.76. The molecule has 0 aliphatic heterocycles. The van der Waals surface area contributed by atoms with Gasteiger partial charge in [-0.05, 0) is 26.3 Å². The first kappa shape index (κ1) is 16.7. The number of benzene rings is 1. The van der Waals surface area contributed by atoms with Gasteiger partial charge in [0.15, 0.2) is 0 Å². The molecule has 0 aliphatic carbocycles. The molecule has 0 saturated heterocycles. The van der Waals surface area contributed by atoms with Crippen molar-refractivity contribution in [2.75, 3.05) is 26.2 Å². The molecule has 4 heteroatoms. The molecule has 1 aromatic rings. The maximum absolute atomic E-state index is 11.8. The van der Waals surface area contributed by atoms with Crippen LogP contribution in [0.5, 0.6) is 0 Å². The van der Waals surface area contributed by atoms with Gasteiger partial charge in [-0.2, -0.15) is 0 Å². The Balaban J connectivity index is 2.35. The van der Waals surface area contributed by atoms with Crippen LogP contribution in [0.3, 0.4) is 0 Å². The molecule has 0 bridgehead atoms. The number of nitrogens with zero attached hydrogens (tertiary/aromatic N) is 1. The molecule has 0 aliphatic rings. The molecule has 20 heavy (non-hydrogen) atoms. The van der Waals surface area contributed by atoms with Crippen LogP contribution in [0.1, 0.15) is 32.8 Å². The smallest absolute Gasteiger partial charge is 0.223 e. The van der Waals surface area contributed by atoms with Crippen LogP contribution in [0.25, 0.3) is 0 Å². The summed E-state index contributed by atoms with van der Waals surface area (Å²) in [5, 5.41) is 13.6. The summed E-state index contributed by atoms with van der Waals surface area (Å²) in [6, 6.07) is 9.56. The second-order valence-corrected chi connectivity index (χ2v) is 5.13. The van der Waals surface area contributed by atoms with Gasteiger partial charge in [0.25, 0.3) is 0 Å². The van der Waals surface area contributed by atoms with Gasteiger partial charge in [-0.15, -0.1) is 0 Å². The van der Waals surface area contributed by atoms with Crippen LogP contribution in [-0.2, 0) is 10.4 Å². The van der Waals surface area contributed by atoms with E-state index >= 15 is 0 Å². The molecule has 0 fully saturated rings. The second-order valence-electron chi connectivity index (χ2n) is 5.13. The molecular weight excluding hydrogens is 252 g/mol. The van der Waals surface area contributed by atoms with Gasteiger partial charge in [0.05, 0.1) is 5.60 Å². The van der Waals surface area contributed by atoms with E-state index in [9.17, 15) is 9.90 Å². The molecule has 1 unspecified atom stereocenters. The molecule has 1 aromatic carbocycles. The van der Waals surface area contributed by atoms with Crippen molar-refractivity contribution in [3.8, 4) is 0 Å². The van der Waals surface area contributed by atoms with Gasteiger partial charge in [-0.25, -0.2) is 0 Å². The molecule has 1 atom stereocenters. The quantitative estimate of drug-likeness (QED) is 0.712. The Morgan fingerprint density at radius 1 is 1.25 bits per heavy atom. The van der Waals surface area contributed by atoms with Crippen molar-refractivity contribution in [1.29, 1.82) is 0 Å². The molecule has 4 nitrogen and oxygen atoms in total. The summed E-state index contributed by atoms with van der Waals surface area (Å²) in [6.07, 6.45) is 0.465. The predicted molar refractivity (Wildman–Crippen MR) is 81.4 cm³/mol. The van der Waals surface area contributed by atoms with Gasteiger partial charge in [0.2, 0.25) is 5.91 Å². The fraction of sp³-hybridized carbons (Fsp3) is 0.562. The molecule has 0 radical (unpaired) electrons. The van der Waals surface area contributed by atoms with Gasteiger partial charge in [0, 0.05) is 32.6 Å². The summed E-state index contributed by atoms with van der Waals surface area (Å²) in [7, 11) is 0. The van der Waals surface area contributed by atoms with Gasteiger partial charge in [0.1, 0.15) is 0 Å². The summed E-state index contributed by atoms with van der Waals surface area (Å²) >= 11 is 0. The first-order valence-corrected chi connectivity index (χ1v) is 7.27. The zero-order chi connectivity index (χ0) is 15.0. The standard InChI is InChI=1S/C16H26N2O2/c1-4-18(5-2)15(19)11-12-17-13-16(3,20)14-9-7-6-8-10-14/h6-10,17,20H,4-5,11-13H2,1-3H3. The number of nitrogens with one attached hydrogen (secondary N) is 1. The first-order valence-electron chi connectivity index (χ1n) is 7.27. The van der Waals surface area contributed by atoms with Gasteiger partial charge < -0.3 is 15.3 Å². The Labute approximate surface area is 121 Å². The van der Waals surface area contributed by atoms with Crippen molar-refractivity contribution in [1.82, 2.24) is 10.2 Å². The number of hydrogen-bond donors (Lipinski definition) is 2. The van der Waals surface area contributed by atoms with Crippen molar-refractivity contribution in [2.45, 2.75) is 32.8 Å². The second kappa shape index (κ2) is 8.02. The third-order valence-corrected chi connectivity index (χ3v) is 3.50. The maximum atomic E-state index is 11.8. The monoisotopic (exact) mass is 278 g/mol. The Morgan fingerprint density at radius 2 is 1.85 bits per heavy atom. The number of amides is 1. The normalized spacial score (nSPS) is 13.8. The maximum Gasteiger partial charge on any atom is 0.223 e. The van der Waals surface area contributed by atoms with Gasteiger partial charge >= 0.3 is 0 Å². The van der Waals surface area contributed by atoms with Crippen LogP contribution in [0.15, 0.2) is 30.3 Å². The SMILES string of the molecule is CCN(CC)C(=O)CCNCC(C)(O)c1ccccc1. The number of hydrogen-bond acceptors (Lipinski definition) is 3. The summed E-state index contributed by atoms with van der Waals surface area (Å²) in [5.74, 6) is 0.154. The molecule has 1 amide bonds. The lowest BCUT2D eigenvalue weighted by molar-refractivity contribution is -0.130. The Kier molecular flexibility index (Phi) is 6.68. The van der Waals surface area contributed by atoms with Crippen LogP contribution < -0.4 is 5.32 Å². The van der Waals surface area contributed by atoms with Gasteiger partial charge in [-0.3, -0.25) is 4.79 Å². The molecule has 0 saturated carbocycles. The molecule has 0 aromatic heterocycles. The topological polar surface area (TPSA) is 52.6 Å². The largest absolute Gasteiger partial charge is 0.384 e. The van der Waals surface area contributed by atoms with Crippen molar-refractivity contribution >= 4 is 5.91 Å². The van der Waals surface area contributed by atoms with Crippen LogP contribution in [0.4, 0.5) is 0 Å². The summed E-state index contributed by atoms with van der Waals surface area (Å²) in [6.45, 7) is 8.25. The number of aliphatic hydroxyl groups is 1. The van der Waals surface area contributed by atoms with Crippen molar-refractivity contribution in [2.24, 2.45) is 0 Å². The fourth-order valence-corrected chi connectivity index (χ4v) is 2.16. The Hall–Kier alpha value is -1.39. The van der Waals surface area contributed by atoms with E-state index in [-0.39, 0.29) is 5.91 Å². The lowest BCUT2D eigenvalue weighted by Gasteiger charge is -2.25. The van der Waals surface area contributed by atoms with E-state index in [1.54, 1.807) is 6.92 Å². The Morgan fingerprint density at radius 3 is 2.40 bits per heavy atom.